The maximum atomic E-state index is 11.1. The third-order valence-electron chi connectivity index (χ3n) is 2.07. The van der Waals surface area contributed by atoms with E-state index in [0.717, 1.165) is 12.8 Å². The normalized spacial score (nSPS) is 14.1. The molecule has 2 unspecified atom stereocenters. The molecule has 100 valence electrons. The molecule has 0 aliphatic heterocycles. The van der Waals surface area contributed by atoms with E-state index in [1.807, 2.05) is 13.8 Å². The maximum Gasteiger partial charge on any atom is 0.333 e. The molecule has 0 fully saturated rings. The zero-order valence-corrected chi connectivity index (χ0v) is 11.3. The molecule has 0 bridgehead atoms. The zero-order valence-electron chi connectivity index (χ0n) is 11.3. The van der Waals surface area contributed by atoms with Gasteiger partial charge in [-0.05, 0) is 27.2 Å². The Balaban J connectivity index is 3.66. The summed E-state index contributed by atoms with van der Waals surface area (Å²) in [5.74, 6) is -0.389. The van der Waals surface area contributed by atoms with Crippen molar-refractivity contribution < 1.29 is 19.0 Å². The average Bonchev–Trinajstić information content (AvgIpc) is 2.26. The molecule has 4 heteroatoms. The van der Waals surface area contributed by atoms with Crippen LogP contribution >= 0.6 is 0 Å². The molecule has 0 amide bonds. The predicted molar refractivity (Wildman–Crippen MR) is 66.6 cm³/mol. The lowest BCUT2D eigenvalue weighted by Gasteiger charge is -2.19. The Bertz CT molecular complexity index is 238. The maximum absolute atomic E-state index is 11.1. The molecule has 0 spiro atoms. The van der Waals surface area contributed by atoms with Crippen LogP contribution in [-0.4, -0.2) is 31.6 Å². The fourth-order valence-electron chi connectivity index (χ4n) is 1.12. The Morgan fingerprint density at radius 3 is 2.53 bits per heavy atom. The molecule has 0 heterocycles. The van der Waals surface area contributed by atoms with Crippen LogP contribution in [0, 0.1) is 0 Å². The highest BCUT2D eigenvalue weighted by Crippen LogP contribution is 2.03. The summed E-state index contributed by atoms with van der Waals surface area (Å²) in [7, 11) is 0. The van der Waals surface area contributed by atoms with Gasteiger partial charge in [-0.15, -0.1) is 0 Å². The van der Waals surface area contributed by atoms with Gasteiger partial charge in [0.2, 0.25) is 0 Å². The number of carbonyl (C=O) groups is 1. The summed E-state index contributed by atoms with van der Waals surface area (Å²) in [5, 5.41) is 0. The van der Waals surface area contributed by atoms with Gasteiger partial charge in [0.25, 0.3) is 0 Å². The molecule has 0 rings (SSSR count). The largest absolute Gasteiger partial charge is 0.460 e. The quantitative estimate of drug-likeness (QED) is 0.271. The van der Waals surface area contributed by atoms with E-state index in [4.69, 9.17) is 14.2 Å². The van der Waals surface area contributed by atoms with Gasteiger partial charge in [0.05, 0.1) is 6.10 Å². The van der Waals surface area contributed by atoms with Crippen molar-refractivity contribution in [1.29, 1.82) is 0 Å². The Labute approximate surface area is 104 Å². The first-order chi connectivity index (χ1) is 7.97. The van der Waals surface area contributed by atoms with Crippen LogP contribution in [0.4, 0.5) is 0 Å². The summed E-state index contributed by atoms with van der Waals surface area (Å²) in [6.45, 7) is 11.8. The van der Waals surface area contributed by atoms with Crippen LogP contribution in [0.5, 0.6) is 0 Å². The van der Waals surface area contributed by atoms with Gasteiger partial charge in [-0.1, -0.05) is 19.9 Å². The van der Waals surface area contributed by atoms with Crippen LogP contribution in [0.2, 0.25) is 0 Å². The molecule has 17 heavy (non-hydrogen) atoms. The molecule has 0 N–H and O–H groups in total. The number of hydrogen-bond acceptors (Lipinski definition) is 4. The smallest absolute Gasteiger partial charge is 0.333 e. The third kappa shape index (κ3) is 8.89. The molecule has 0 saturated carbocycles. The van der Waals surface area contributed by atoms with Crippen LogP contribution in [0.25, 0.3) is 0 Å². The van der Waals surface area contributed by atoms with Crippen molar-refractivity contribution in [3.63, 3.8) is 0 Å². The second-order valence-corrected chi connectivity index (χ2v) is 4.12. The highest BCUT2D eigenvalue weighted by molar-refractivity contribution is 5.86. The van der Waals surface area contributed by atoms with Crippen molar-refractivity contribution in [2.75, 3.05) is 13.2 Å². The minimum absolute atomic E-state index is 0.185. The van der Waals surface area contributed by atoms with E-state index >= 15 is 0 Å². The fourth-order valence-corrected chi connectivity index (χ4v) is 1.12. The van der Waals surface area contributed by atoms with Gasteiger partial charge in [0.15, 0.2) is 6.29 Å². The van der Waals surface area contributed by atoms with Crippen LogP contribution in [0.15, 0.2) is 12.2 Å². The Morgan fingerprint density at radius 2 is 2.00 bits per heavy atom. The molecule has 0 aromatic heterocycles. The van der Waals surface area contributed by atoms with Crippen molar-refractivity contribution in [2.24, 2.45) is 0 Å². The summed E-state index contributed by atoms with van der Waals surface area (Å²) >= 11 is 0. The first kappa shape index (κ1) is 16.1. The molecule has 4 nitrogen and oxygen atoms in total. The van der Waals surface area contributed by atoms with Gasteiger partial charge in [-0.2, -0.15) is 0 Å². The van der Waals surface area contributed by atoms with E-state index in [0.29, 0.717) is 12.2 Å². The second kappa shape index (κ2) is 9.19. The summed E-state index contributed by atoms with van der Waals surface area (Å²) in [4.78, 5) is 11.1. The van der Waals surface area contributed by atoms with Gasteiger partial charge in [0, 0.05) is 12.2 Å². The van der Waals surface area contributed by atoms with Gasteiger partial charge < -0.3 is 14.2 Å². The van der Waals surface area contributed by atoms with E-state index < -0.39 is 0 Å². The standard InChI is InChI=1S/C13H24O4/c1-6-7-8-15-12(5)17-11(4)9-16-13(14)10(2)3/h11-12H,2,6-9H2,1,3-5H3. The molecule has 0 saturated heterocycles. The lowest BCUT2D eigenvalue weighted by molar-refractivity contribution is -0.173. The zero-order chi connectivity index (χ0) is 13.3. The van der Waals surface area contributed by atoms with Crippen LogP contribution in [0.1, 0.15) is 40.5 Å². The summed E-state index contributed by atoms with van der Waals surface area (Å²) in [5.41, 5.74) is 0.393. The van der Waals surface area contributed by atoms with E-state index in [1.165, 1.54) is 0 Å². The van der Waals surface area contributed by atoms with Crippen molar-refractivity contribution in [2.45, 2.75) is 52.9 Å². The minimum Gasteiger partial charge on any atom is -0.460 e. The summed E-state index contributed by atoms with van der Waals surface area (Å²) in [6, 6.07) is 0. The second-order valence-electron chi connectivity index (χ2n) is 4.12. The molecule has 0 aromatic rings. The summed E-state index contributed by atoms with van der Waals surface area (Å²) < 4.78 is 15.9. The molecule has 0 aromatic carbocycles. The monoisotopic (exact) mass is 244 g/mol. The van der Waals surface area contributed by atoms with Crippen molar-refractivity contribution >= 4 is 5.97 Å². The lowest BCUT2D eigenvalue weighted by Crippen LogP contribution is -2.25. The molecule has 0 aliphatic rings. The SMILES string of the molecule is C=C(C)C(=O)OCC(C)OC(C)OCCCC. The van der Waals surface area contributed by atoms with Crippen molar-refractivity contribution in [3.8, 4) is 0 Å². The summed E-state index contributed by atoms with van der Waals surface area (Å²) in [6.07, 6.45) is 1.65. The Hall–Kier alpha value is -0.870. The molecule has 2 atom stereocenters. The van der Waals surface area contributed by atoms with Crippen LogP contribution in [-0.2, 0) is 19.0 Å². The number of unbranched alkanes of at least 4 members (excludes halogenated alkanes) is 1. The van der Waals surface area contributed by atoms with Crippen molar-refractivity contribution in [3.05, 3.63) is 12.2 Å². The highest BCUT2D eigenvalue weighted by atomic mass is 16.7. The lowest BCUT2D eigenvalue weighted by atomic mass is 10.3. The van der Waals surface area contributed by atoms with E-state index in [-0.39, 0.29) is 25.0 Å². The van der Waals surface area contributed by atoms with Crippen molar-refractivity contribution in [1.82, 2.24) is 0 Å². The van der Waals surface area contributed by atoms with Crippen LogP contribution < -0.4 is 0 Å². The Morgan fingerprint density at radius 1 is 1.35 bits per heavy atom. The molecular formula is C13H24O4. The Kier molecular flexibility index (Phi) is 8.72. The van der Waals surface area contributed by atoms with Crippen LogP contribution in [0.3, 0.4) is 0 Å². The number of ether oxygens (including phenoxy) is 3. The first-order valence-corrected chi connectivity index (χ1v) is 6.07. The minimum atomic E-state index is -0.389. The van der Waals surface area contributed by atoms with Gasteiger partial charge >= 0.3 is 5.97 Å². The topological polar surface area (TPSA) is 44.8 Å². The molecule has 0 radical (unpaired) electrons. The average molecular weight is 244 g/mol. The van der Waals surface area contributed by atoms with E-state index in [1.54, 1.807) is 6.92 Å². The van der Waals surface area contributed by atoms with Gasteiger partial charge in [0.1, 0.15) is 6.61 Å². The fraction of sp³-hybridized carbons (Fsp3) is 0.769. The van der Waals surface area contributed by atoms with E-state index in [9.17, 15) is 4.79 Å². The number of rotatable bonds is 9. The highest BCUT2D eigenvalue weighted by Gasteiger charge is 2.11. The molecule has 0 aliphatic carbocycles. The molecular weight excluding hydrogens is 220 g/mol. The number of carbonyl (C=O) groups excluding carboxylic acids is 1. The number of hydrogen-bond donors (Lipinski definition) is 0. The van der Waals surface area contributed by atoms with Gasteiger partial charge in [-0.3, -0.25) is 0 Å². The number of esters is 1. The predicted octanol–water partition coefficient (Wildman–Crippen LogP) is 2.67. The first-order valence-electron chi connectivity index (χ1n) is 6.07. The third-order valence-corrected chi connectivity index (χ3v) is 2.07. The van der Waals surface area contributed by atoms with Gasteiger partial charge in [-0.25, -0.2) is 4.79 Å². The van der Waals surface area contributed by atoms with E-state index in [2.05, 4.69) is 13.5 Å².